The summed E-state index contributed by atoms with van der Waals surface area (Å²) in [6.45, 7) is 1.20. The molecule has 0 radical (unpaired) electrons. The van der Waals surface area contributed by atoms with Gasteiger partial charge in [-0.05, 0) is 13.0 Å². The summed E-state index contributed by atoms with van der Waals surface area (Å²) >= 11 is 0. The first kappa shape index (κ1) is 8.54. The van der Waals surface area contributed by atoms with E-state index in [0.717, 1.165) is 6.07 Å². The van der Waals surface area contributed by atoms with Gasteiger partial charge in [0.25, 0.3) is 0 Å². The standard InChI is InChI=1S/C7H6F3P/c1-3-6(9)4(8)2-5(11)7(3)10/h2H,11H2,1H3. The highest BCUT2D eigenvalue weighted by atomic mass is 31.0. The Bertz CT molecular complexity index is 270. The van der Waals surface area contributed by atoms with Crippen molar-refractivity contribution in [1.29, 1.82) is 0 Å². The van der Waals surface area contributed by atoms with E-state index in [9.17, 15) is 13.2 Å². The number of hydrogen-bond acceptors (Lipinski definition) is 0. The molecule has 0 aliphatic heterocycles. The van der Waals surface area contributed by atoms with Gasteiger partial charge in [0.2, 0.25) is 0 Å². The van der Waals surface area contributed by atoms with E-state index in [1.807, 2.05) is 9.24 Å². The van der Waals surface area contributed by atoms with Crippen LogP contribution in [-0.2, 0) is 0 Å². The van der Waals surface area contributed by atoms with Crippen molar-refractivity contribution in [2.24, 2.45) is 0 Å². The van der Waals surface area contributed by atoms with Crippen LogP contribution in [0.4, 0.5) is 13.2 Å². The van der Waals surface area contributed by atoms with E-state index in [0.29, 0.717) is 0 Å². The quantitative estimate of drug-likeness (QED) is 0.420. The Hall–Kier alpha value is -0.560. The lowest BCUT2D eigenvalue weighted by Gasteiger charge is -2.01. The Morgan fingerprint density at radius 1 is 1.18 bits per heavy atom. The molecule has 0 nitrogen and oxygen atoms in total. The summed E-state index contributed by atoms with van der Waals surface area (Å²) in [6.07, 6.45) is 0. The Morgan fingerprint density at radius 2 is 1.73 bits per heavy atom. The fraction of sp³-hybridized carbons (Fsp3) is 0.143. The van der Waals surface area contributed by atoms with Crippen LogP contribution < -0.4 is 5.30 Å². The van der Waals surface area contributed by atoms with Crippen LogP contribution in [0.1, 0.15) is 5.56 Å². The first-order chi connectivity index (χ1) is 5.04. The van der Waals surface area contributed by atoms with Gasteiger partial charge in [-0.25, -0.2) is 13.2 Å². The van der Waals surface area contributed by atoms with Crippen molar-refractivity contribution < 1.29 is 13.2 Å². The van der Waals surface area contributed by atoms with E-state index in [1.165, 1.54) is 6.92 Å². The zero-order valence-corrected chi connectivity index (χ0v) is 6.94. The van der Waals surface area contributed by atoms with Crippen LogP contribution in [0.2, 0.25) is 0 Å². The van der Waals surface area contributed by atoms with Crippen molar-refractivity contribution in [1.82, 2.24) is 0 Å². The molecule has 1 aromatic rings. The van der Waals surface area contributed by atoms with Crippen LogP contribution in [0, 0.1) is 24.4 Å². The van der Waals surface area contributed by atoms with Gasteiger partial charge in [-0.15, -0.1) is 9.24 Å². The lowest BCUT2D eigenvalue weighted by molar-refractivity contribution is 0.489. The minimum Gasteiger partial charge on any atom is -0.206 e. The fourth-order valence-electron chi connectivity index (χ4n) is 0.755. The van der Waals surface area contributed by atoms with Crippen molar-refractivity contribution in [3.63, 3.8) is 0 Å². The molecule has 0 spiro atoms. The van der Waals surface area contributed by atoms with E-state index in [4.69, 9.17) is 0 Å². The van der Waals surface area contributed by atoms with E-state index in [2.05, 4.69) is 0 Å². The predicted molar refractivity (Wildman–Crippen MR) is 40.4 cm³/mol. The van der Waals surface area contributed by atoms with Crippen LogP contribution in [0.25, 0.3) is 0 Å². The molecular weight excluding hydrogens is 172 g/mol. The summed E-state index contributed by atoms with van der Waals surface area (Å²) < 4.78 is 37.8. The summed E-state index contributed by atoms with van der Waals surface area (Å²) in [5.74, 6) is -2.85. The summed E-state index contributed by atoms with van der Waals surface area (Å²) in [4.78, 5) is 0. The molecule has 4 heteroatoms. The second-order valence-corrected chi connectivity index (χ2v) is 2.82. The highest BCUT2D eigenvalue weighted by Gasteiger charge is 2.12. The minimum atomic E-state index is -1.12. The molecule has 1 atom stereocenters. The SMILES string of the molecule is Cc1c(F)c(F)cc(P)c1F. The highest BCUT2D eigenvalue weighted by molar-refractivity contribution is 7.27. The maximum atomic E-state index is 12.7. The molecule has 11 heavy (non-hydrogen) atoms. The Labute approximate surface area is 64.6 Å². The lowest BCUT2D eigenvalue weighted by atomic mass is 10.2. The Morgan fingerprint density at radius 3 is 2.27 bits per heavy atom. The van der Waals surface area contributed by atoms with Gasteiger partial charge in [0.05, 0.1) is 0 Å². The van der Waals surface area contributed by atoms with Crippen molar-refractivity contribution >= 4 is 14.5 Å². The predicted octanol–water partition coefficient (Wildman–Crippen LogP) is 1.91. The van der Waals surface area contributed by atoms with Crippen molar-refractivity contribution in [3.8, 4) is 0 Å². The maximum absolute atomic E-state index is 12.7. The van der Waals surface area contributed by atoms with E-state index < -0.39 is 17.5 Å². The average Bonchev–Trinajstić information content (AvgIpc) is 1.97. The lowest BCUT2D eigenvalue weighted by Crippen LogP contribution is -2.06. The molecule has 1 aromatic carbocycles. The molecule has 60 valence electrons. The second kappa shape index (κ2) is 2.82. The summed E-state index contributed by atoms with van der Waals surface area (Å²) in [5, 5.41) is 0.0430. The summed E-state index contributed by atoms with van der Waals surface area (Å²) in [6, 6.07) is 0.808. The van der Waals surface area contributed by atoms with Crippen molar-refractivity contribution in [2.75, 3.05) is 0 Å². The number of halogens is 3. The maximum Gasteiger partial charge on any atom is 0.164 e. The number of rotatable bonds is 0. The Kier molecular flexibility index (Phi) is 2.19. The van der Waals surface area contributed by atoms with Crippen molar-refractivity contribution in [2.45, 2.75) is 6.92 Å². The first-order valence-electron chi connectivity index (χ1n) is 2.93. The molecule has 1 unspecified atom stereocenters. The van der Waals surface area contributed by atoms with E-state index >= 15 is 0 Å². The molecule has 0 saturated carbocycles. The third-order valence-corrected chi connectivity index (χ3v) is 1.82. The van der Waals surface area contributed by atoms with Gasteiger partial charge in [-0.1, -0.05) is 0 Å². The van der Waals surface area contributed by atoms with Gasteiger partial charge in [-0.3, -0.25) is 0 Å². The molecule has 0 fully saturated rings. The molecular formula is C7H6F3P. The average molecular weight is 178 g/mol. The van der Waals surface area contributed by atoms with Crippen LogP contribution in [0.5, 0.6) is 0 Å². The molecule has 0 aromatic heterocycles. The minimum absolute atomic E-state index is 0.0430. The molecule has 0 amide bonds. The summed E-state index contributed by atoms with van der Waals surface area (Å²) in [7, 11) is 2.00. The second-order valence-electron chi connectivity index (χ2n) is 2.20. The van der Waals surface area contributed by atoms with Gasteiger partial charge in [-0.2, -0.15) is 0 Å². The highest BCUT2D eigenvalue weighted by Crippen LogP contribution is 2.14. The van der Waals surface area contributed by atoms with Crippen LogP contribution >= 0.6 is 9.24 Å². The van der Waals surface area contributed by atoms with Gasteiger partial charge in [0.15, 0.2) is 11.6 Å². The normalized spacial score (nSPS) is 10.3. The third-order valence-electron chi connectivity index (χ3n) is 1.40. The zero-order chi connectivity index (χ0) is 8.59. The first-order valence-corrected chi connectivity index (χ1v) is 3.51. The smallest absolute Gasteiger partial charge is 0.164 e. The number of benzene rings is 1. The van der Waals surface area contributed by atoms with Gasteiger partial charge < -0.3 is 0 Å². The van der Waals surface area contributed by atoms with Crippen LogP contribution in [0.15, 0.2) is 6.07 Å². The molecule has 0 heterocycles. The van der Waals surface area contributed by atoms with Crippen molar-refractivity contribution in [3.05, 3.63) is 29.1 Å². The van der Waals surface area contributed by atoms with Gasteiger partial charge >= 0.3 is 0 Å². The third kappa shape index (κ3) is 1.38. The zero-order valence-electron chi connectivity index (χ0n) is 5.79. The largest absolute Gasteiger partial charge is 0.206 e. The molecule has 0 aliphatic carbocycles. The molecule has 0 aliphatic rings. The molecule has 0 bridgehead atoms. The number of hydrogen-bond donors (Lipinski definition) is 0. The molecule has 0 N–H and O–H groups in total. The van der Waals surface area contributed by atoms with E-state index in [1.54, 1.807) is 0 Å². The van der Waals surface area contributed by atoms with Crippen LogP contribution in [-0.4, -0.2) is 0 Å². The fourth-order valence-corrected chi connectivity index (χ4v) is 1.12. The summed E-state index contributed by atoms with van der Waals surface area (Å²) in [5.41, 5.74) is -0.282. The van der Waals surface area contributed by atoms with Crippen LogP contribution in [0.3, 0.4) is 0 Å². The molecule has 1 rings (SSSR count). The van der Waals surface area contributed by atoms with Gasteiger partial charge in [0, 0.05) is 10.9 Å². The van der Waals surface area contributed by atoms with Gasteiger partial charge in [0.1, 0.15) is 5.82 Å². The monoisotopic (exact) mass is 178 g/mol. The van der Waals surface area contributed by atoms with E-state index in [-0.39, 0.29) is 10.9 Å². The Balaban J connectivity index is 3.46. The molecule has 0 saturated heterocycles. The topological polar surface area (TPSA) is 0 Å².